The van der Waals surface area contributed by atoms with Crippen LogP contribution in [0.3, 0.4) is 0 Å². The highest BCUT2D eigenvalue weighted by Gasteiger charge is 2.50. The summed E-state index contributed by atoms with van der Waals surface area (Å²) in [5.41, 5.74) is 0. The quantitative estimate of drug-likeness (QED) is 0.158. The van der Waals surface area contributed by atoms with Crippen molar-refractivity contribution in [3.05, 3.63) is 85.1 Å². The fourth-order valence-electron chi connectivity index (χ4n) is 8.32. The summed E-state index contributed by atoms with van der Waals surface area (Å²) in [6.07, 6.45) is 4.43. The molecule has 392 valence electrons. The Morgan fingerprint density at radius 1 is 0.667 bits per heavy atom. The maximum Gasteiger partial charge on any atom is 0.308 e. The number of allylic oxidation sites excluding steroid dienone is 12. The Balaban J connectivity index is 1.92. The molecule has 69 heavy (non-hydrogen) atoms. The van der Waals surface area contributed by atoms with E-state index in [1.807, 2.05) is 31.2 Å². The summed E-state index contributed by atoms with van der Waals surface area (Å²) in [7, 11) is 0. The van der Waals surface area contributed by atoms with Crippen molar-refractivity contribution >= 4 is 11.9 Å². The summed E-state index contributed by atoms with van der Waals surface area (Å²) in [5, 5.41) is 131. The normalized spacial score (nSPS) is 42.5. The van der Waals surface area contributed by atoms with Gasteiger partial charge >= 0.3 is 5.97 Å². The zero-order valence-electron chi connectivity index (χ0n) is 40.1. The van der Waals surface area contributed by atoms with E-state index in [4.69, 9.17) is 18.9 Å². The average Bonchev–Trinajstić information content (AvgIpc) is 3.27. The summed E-state index contributed by atoms with van der Waals surface area (Å²) in [6.45, 7) is 5.54. The predicted molar refractivity (Wildman–Crippen MR) is 252 cm³/mol. The van der Waals surface area contributed by atoms with Gasteiger partial charge in [0.25, 0.3) is 0 Å². The third-order valence-corrected chi connectivity index (χ3v) is 12.6. The monoisotopic (exact) mass is 982 g/mol. The zero-order valence-corrected chi connectivity index (χ0v) is 40.1. The van der Waals surface area contributed by atoms with E-state index in [1.165, 1.54) is 0 Å². The number of cyclic esters (lactones) is 1. The minimum atomic E-state index is -2.33. The van der Waals surface area contributed by atoms with Crippen molar-refractivity contribution in [2.45, 2.75) is 183 Å². The van der Waals surface area contributed by atoms with Crippen LogP contribution in [-0.4, -0.2) is 184 Å². The molecule has 18 atom stereocenters. The number of amides is 1. The van der Waals surface area contributed by atoms with Crippen LogP contribution < -0.4 is 5.32 Å². The fourth-order valence-corrected chi connectivity index (χ4v) is 8.32. The Hall–Kier alpha value is -3.48. The van der Waals surface area contributed by atoms with Crippen molar-refractivity contribution < 1.29 is 89.8 Å². The van der Waals surface area contributed by atoms with E-state index < -0.39 is 160 Å². The van der Waals surface area contributed by atoms with E-state index in [2.05, 4.69) is 5.32 Å². The number of carbonyl (C=O) groups is 2. The van der Waals surface area contributed by atoms with Crippen LogP contribution in [0.5, 0.6) is 0 Å². The standard InChI is InChI=1S/C50H79NO18/c1-30-17-15-13-11-9-7-5-6-8-10-12-14-16-18-38(68-49-42(60)25-40(58)33(4)67-49)24-44-46(48(64)51-34(28-52)29-53)43(61)27-50(65,69-44)26-37(56)22-41(59)39(57)20-19-35(54)21-36(55)23-45(62)66-32(3)31(2)47(30)63/h5-18,30-44,46-47,49,52-61,63,65H,19-29H2,1-4H3,(H,51,64)/b6-5+,9-7+,10-8+,13-11+,14-12+,17-15+,18-16+/t30-,31-,32-,33?,35+,36+,37-,38?,39+,40?,41+,42?,43-,44-,46+,47+,49?,50+/m0/s1. The number of nitrogens with one attached hydrogen (secondary N) is 1. The topological polar surface area (TPSA) is 326 Å². The summed E-state index contributed by atoms with van der Waals surface area (Å²) in [6, 6.07) is -1.10. The van der Waals surface area contributed by atoms with Crippen LogP contribution in [0.1, 0.15) is 85.5 Å². The highest BCUT2D eigenvalue weighted by Crippen LogP contribution is 2.38. The van der Waals surface area contributed by atoms with Crippen LogP contribution in [0.4, 0.5) is 0 Å². The second-order valence-corrected chi connectivity index (χ2v) is 18.6. The molecule has 0 aliphatic carbocycles. The largest absolute Gasteiger partial charge is 0.462 e. The minimum Gasteiger partial charge on any atom is -0.462 e. The molecule has 0 aromatic heterocycles. The van der Waals surface area contributed by atoms with E-state index in [0.717, 1.165) is 0 Å². The Labute approximate surface area is 405 Å². The first-order valence-electron chi connectivity index (χ1n) is 23.9. The highest BCUT2D eigenvalue weighted by molar-refractivity contribution is 5.80. The molecule has 3 rings (SSSR count). The molecule has 2 bridgehead atoms. The molecule has 0 spiro atoms. The molecule has 0 aromatic rings. The first-order valence-corrected chi connectivity index (χ1v) is 23.9. The molecular formula is C50H79NO18. The molecule has 3 aliphatic rings. The third-order valence-electron chi connectivity index (χ3n) is 12.6. The van der Waals surface area contributed by atoms with Gasteiger partial charge in [0.15, 0.2) is 12.1 Å². The van der Waals surface area contributed by atoms with Gasteiger partial charge in [-0.15, -0.1) is 0 Å². The highest BCUT2D eigenvalue weighted by atomic mass is 16.7. The van der Waals surface area contributed by atoms with Crippen molar-refractivity contribution in [2.75, 3.05) is 13.2 Å². The molecule has 2 fully saturated rings. The SMILES string of the molecule is CC1OC(OC2/C=C/C=C/C=C/C=C/C=C/C=C/C=C/[C@H](C)[C@@H](O)[C@@H](C)[C@H](C)OC(=O)C[C@H](O)C[C@H](O)CC[C@@H](O)[C@H](O)C[C@H](O)C[C@]3(O)C[C@H](O)[C@@H](C(=O)NC(CO)CO)[C@H](C2)O3)C(O)CC1O. The van der Waals surface area contributed by atoms with Crippen molar-refractivity contribution in [2.24, 2.45) is 17.8 Å². The van der Waals surface area contributed by atoms with Gasteiger partial charge in [0.2, 0.25) is 5.91 Å². The van der Waals surface area contributed by atoms with E-state index in [-0.39, 0.29) is 38.0 Å². The van der Waals surface area contributed by atoms with Crippen LogP contribution >= 0.6 is 0 Å². The van der Waals surface area contributed by atoms with Gasteiger partial charge in [0, 0.05) is 43.9 Å². The first kappa shape index (κ1) is 59.8. The first-order chi connectivity index (χ1) is 32.7. The zero-order chi connectivity index (χ0) is 51.3. The van der Waals surface area contributed by atoms with Gasteiger partial charge in [-0.3, -0.25) is 9.59 Å². The van der Waals surface area contributed by atoms with Gasteiger partial charge in [-0.1, -0.05) is 98.9 Å². The van der Waals surface area contributed by atoms with Crippen molar-refractivity contribution in [3.63, 3.8) is 0 Å². The molecule has 2 saturated heterocycles. The van der Waals surface area contributed by atoms with Gasteiger partial charge in [0.1, 0.15) is 12.2 Å². The third kappa shape index (κ3) is 21.0. The fraction of sp³-hybridized carbons (Fsp3) is 0.680. The summed E-state index contributed by atoms with van der Waals surface area (Å²) in [5.74, 6) is -6.09. The molecule has 19 heteroatoms. The van der Waals surface area contributed by atoms with Gasteiger partial charge in [0.05, 0.1) is 98.7 Å². The number of carbonyl (C=O) groups excluding carboxylic acids is 2. The second kappa shape index (κ2) is 30.4. The number of aliphatic hydroxyl groups excluding tert-OH is 11. The number of ether oxygens (including phenoxy) is 4. The van der Waals surface area contributed by atoms with Crippen LogP contribution in [0.15, 0.2) is 85.1 Å². The smallest absolute Gasteiger partial charge is 0.308 e. The molecular weight excluding hydrogens is 903 g/mol. The van der Waals surface area contributed by atoms with Gasteiger partial charge in [-0.2, -0.15) is 0 Å². The van der Waals surface area contributed by atoms with Crippen LogP contribution in [0.2, 0.25) is 0 Å². The lowest BCUT2D eigenvalue weighted by molar-refractivity contribution is -0.306. The molecule has 3 aliphatic heterocycles. The van der Waals surface area contributed by atoms with E-state index in [1.54, 1.807) is 81.5 Å². The molecule has 5 unspecified atom stereocenters. The van der Waals surface area contributed by atoms with Crippen molar-refractivity contribution in [1.29, 1.82) is 0 Å². The van der Waals surface area contributed by atoms with E-state index in [0.29, 0.717) is 0 Å². The average molecular weight is 982 g/mol. The number of esters is 1. The van der Waals surface area contributed by atoms with Crippen LogP contribution in [0, 0.1) is 17.8 Å². The second-order valence-electron chi connectivity index (χ2n) is 18.6. The number of hydrogen-bond acceptors (Lipinski definition) is 18. The maximum absolute atomic E-state index is 13.7. The predicted octanol–water partition coefficient (Wildman–Crippen LogP) is 0.159. The van der Waals surface area contributed by atoms with Crippen LogP contribution in [0.25, 0.3) is 0 Å². The summed E-state index contributed by atoms with van der Waals surface area (Å²) >= 11 is 0. The Bertz CT molecular complexity index is 1730. The molecule has 1 amide bonds. The molecule has 0 aromatic carbocycles. The van der Waals surface area contributed by atoms with Gasteiger partial charge < -0.3 is 85.5 Å². The molecule has 13 N–H and O–H groups in total. The van der Waals surface area contributed by atoms with Crippen molar-refractivity contribution in [1.82, 2.24) is 5.32 Å². The Morgan fingerprint density at radius 2 is 1.25 bits per heavy atom. The minimum absolute atomic E-state index is 0.0700. The Kier molecular flexibility index (Phi) is 26.4. The maximum atomic E-state index is 13.7. The summed E-state index contributed by atoms with van der Waals surface area (Å²) in [4.78, 5) is 26.3. The lowest BCUT2D eigenvalue weighted by atomic mass is 9.82. The lowest BCUT2D eigenvalue weighted by Gasteiger charge is -2.46. The van der Waals surface area contributed by atoms with Gasteiger partial charge in [-0.25, -0.2) is 0 Å². The van der Waals surface area contributed by atoms with E-state index in [9.17, 15) is 70.9 Å². The number of fused-ring (bicyclic) bond motifs is 2. The Morgan fingerprint density at radius 3 is 1.84 bits per heavy atom. The van der Waals surface area contributed by atoms with Crippen LogP contribution in [-0.2, 0) is 28.5 Å². The molecule has 19 nitrogen and oxygen atoms in total. The number of hydrogen-bond donors (Lipinski definition) is 13. The number of aliphatic hydroxyl groups is 12. The molecule has 0 saturated carbocycles. The lowest BCUT2D eigenvalue weighted by Crippen LogP contribution is -2.59. The molecule has 3 heterocycles. The van der Waals surface area contributed by atoms with Crippen molar-refractivity contribution in [3.8, 4) is 0 Å². The number of rotatable bonds is 6. The van der Waals surface area contributed by atoms with E-state index >= 15 is 0 Å². The summed E-state index contributed by atoms with van der Waals surface area (Å²) < 4.78 is 23.6. The molecule has 0 radical (unpaired) electrons. The van der Waals surface area contributed by atoms with Gasteiger partial charge in [-0.05, 0) is 33.1 Å².